The van der Waals surface area contributed by atoms with Crippen molar-refractivity contribution in [3.05, 3.63) is 54.1 Å². The van der Waals surface area contributed by atoms with Gasteiger partial charge in [0.1, 0.15) is 5.69 Å². The fraction of sp³-hybridized carbons (Fsp3) is 0.474. The molecule has 2 aromatic rings. The lowest BCUT2D eigenvalue weighted by Crippen LogP contribution is -2.42. The Morgan fingerprint density at radius 2 is 1.93 bits per heavy atom. The Morgan fingerprint density at radius 3 is 2.56 bits per heavy atom. The van der Waals surface area contributed by atoms with Crippen molar-refractivity contribution >= 4 is 15.9 Å². The molecule has 8 heteroatoms. The standard InChI is InChI=1S/C19H26N4O3S/c1-22-15-20-14-18(22)19(24)21-13-17-7-10-23(11-8-17)27(25,26)12-9-16-5-3-2-4-6-16/h2-6,14-15,17H,7-13H2,1H3,(H,21,24). The van der Waals surface area contributed by atoms with E-state index in [0.29, 0.717) is 37.7 Å². The van der Waals surface area contributed by atoms with Gasteiger partial charge >= 0.3 is 0 Å². The normalized spacial score (nSPS) is 16.3. The van der Waals surface area contributed by atoms with Crippen LogP contribution in [-0.2, 0) is 23.5 Å². The Morgan fingerprint density at radius 1 is 1.22 bits per heavy atom. The maximum absolute atomic E-state index is 12.6. The Hall–Kier alpha value is -2.19. The highest BCUT2D eigenvalue weighted by molar-refractivity contribution is 7.89. The van der Waals surface area contributed by atoms with Crippen LogP contribution in [0.1, 0.15) is 28.9 Å². The van der Waals surface area contributed by atoms with E-state index in [9.17, 15) is 13.2 Å². The monoisotopic (exact) mass is 390 g/mol. The van der Waals surface area contributed by atoms with E-state index in [1.807, 2.05) is 30.3 Å². The Kier molecular flexibility index (Phi) is 6.28. The Labute approximate surface area is 160 Å². The number of aryl methyl sites for hydroxylation is 2. The number of nitrogens with zero attached hydrogens (tertiary/aromatic N) is 3. The van der Waals surface area contributed by atoms with Gasteiger partial charge in [0.25, 0.3) is 5.91 Å². The predicted octanol–water partition coefficient (Wildman–Crippen LogP) is 1.43. The smallest absolute Gasteiger partial charge is 0.269 e. The number of nitrogens with one attached hydrogen (secondary N) is 1. The number of aromatic nitrogens is 2. The van der Waals surface area contributed by atoms with Gasteiger partial charge in [-0.1, -0.05) is 30.3 Å². The lowest BCUT2D eigenvalue weighted by molar-refractivity contribution is 0.0933. The van der Waals surface area contributed by atoms with Gasteiger partial charge in [-0.25, -0.2) is 17.7 Å². The van der Waals surface area contributed by atoms with Crippen LogP contribution >= 0.6 is 0 Å². The number of rotatable bonds is 7. The molecule has 1 aromatic heterocycles. The molecular formula is C19H26N4O3S. The number of hydrogen-bond donors (Lipinski definition) is 1. The van der Waals surface area contributed by atoms with Crippen LogP contribution in [0.3, 0.4) is 0 Å². The summed E-state index contributed by atoms with van der Waals surface area (Å²) < 4.78 is 28.4. The molecule has 0 unspecified atom stereocenters. The van der Waals surface area contributed by atoms with E-state index in [1.54, 1.807) is 22.2 Å². The lowest BCUT2D eigenvalue weighted by Gasteiger charge is -2.31. The van der Waals surface area contributed by atoms with Crippen molar-refractivity contribution in [3.8, 4) is 0 Å². The van der Waals surface area contributed by atoms with E-state index < -0.39 is 10.0 Å². The fourth-order valence-electron chi connectivity index (χ4n) is 3.32. The van der Waals surface area contributed by atoms with Crippen LogP contribution in [0.2, 0.25) is 0 Å². The highest BCUT2D eigenvalue weighted by Crippen LogP contribution is 2.20. The number of carbonyl (C=O) groups is 1. The highest BCUT2D eigenvalue weighted by Gasteiger charge is 2.28. The van der Waals surface area contributed by atoms with Gasteiger partial charge in [-0.05, 0) is 30.7 Å². The van der Waals surface area contributed by atoms with Crippen molar-refractivity contribution in [2.45, 2.75) is 19.3 Å². The zero-order valence-electron chi connectivity index (χ0n) is 15.5. The van der Waals surface area contributed by atoms with Crippen LogP contribution in [0.15, 0.2) is 42.9 Å². The number of amides is 1. The van der Waals surface area contributed by atoms with Gasteiger partial charge in [0.05, 0.1) is 18.3 Å². The van der Waals surface area contributed by atoms with Crippen molar-refractivity contribution in [1.29, 1.82) is 0 Å². The molecule has 0 saturated carbocycles. The second-order valence-electron chi connectivity index (χ2n) is 6.99. The summed E-state index contributed by atoms with van der Waals surface area (Å²) in [6.07, 6.45) is 5.18. The molecule has 3 rings (SSSR count). The SMILES string of the molecule is Cn1cncc1C(=O)NCC1CCN(S(=O)(=O)CCc2ccccc2)CC1. The summed E-state index contributed by atoms with van der Waals surface area (Å²) >= 11 is 0. The highest BCUT2D eigenvalue weighted by atomic mass is 32.2. The number of piperidine rings is 1. The maximum Gasteiger partial charge on any atom is 0.269 e. The summed E-state index contributed by atoms with van der Waals surface area (Å²) in [5.41, 5.74) is 1.56. The van der Waals surface area contributed by atoms with E-state index in [2.05, 4.69) is 10.3 Å². The third-order valence-corrected chi connectivity index (χ3v) is 6.93. The molecule has 27 heavy (non-hydrogen) atoms. The summed E-state index contributed by atoms with van der Waals surface area (Å²) in [6.45, 7) is 1.59. The topological polar surface area (TPSA) is 84.3 Å². The zero-order chi connectivity index (χ0) is 19.3. The average Bonchev–Trinajstić information content (AvgIpc) is 3.12. The summed E-state index contributed by atoms with van der Waals surface area (Å²) in [5, 5.41) is 2.93. The molecule has 0 bridgehead atoms. The first-order valence-corrected chi connectivity index (χ1v) is 10.8. The molecular weight excluding hydrogens is 364 g/mol. The van der Waals surface area contributed by atoms with Gasteiger partial charge in [-0.3, -0.25) is 4.79 Å². The summed E-state index contributed by atoms with van der Waals surface area (Å²) in [7, 11) is -1.46. The summed E-state index contributed by atoms with van der Waals surface area (Å²) in [5.74, 6) is 0.287. The number of imidazole rings is 1. The minimum atomic E-state index is -3.24. The first kappa shape index (κ1) is 19.6. The summed E-state index contributed by atoms with van der Waals surface area (Å²) in [6, 6.07) is 9.68. The van der Waals surface area contributed by atoms with Crippen molar-refractivity contribution in [1.82, 2.24) is 19.2 Å². The number of sulfonamides is 1. The molecule has 1 aliphatic rings. The molecule has 7 nitrogen and oxygen atoms in total. The molecule has 0 radical (unpaired) electrons. The van der Waals surface area contributed by atoms with Crippen molar-refractivity contribution < 1.29 is 13.2 Å². The first-order chi connectivity index (χ1) is 13.0. The summed E-state index contributed by atoms with van der Waals surface area (Å²) in [4.78, 5) is 16.1. The molecule has 1 saturated heterocycles. The lowest BCUT2D eigenvalue weighted by atomic mass is 9.98. The van der Waals surface area contributed by atoms with E-state index >= 15 is 0 Å². The van der Waals surface area contributed by atoms with Gasteiger partial charge in [0.2, 0.25) is 10.0 Å². The molecule has 1 N–H and O–H groups in total. The quantitative estimate of drug-likeness (QED) is 0.775. The molecule has 0 aliphatic carbocycles. The van der Waals surface area contributed by atoms with Gasteiger partial charge in [0, 0.05) is 26.7 Å². The second kappa shape index (κ2) is 8.67. The van der Waals surface area contributed by atoms with Gasteiger partial charge in [-0.2, -0.15) is 0 Å². The second-order valence-corrected chi connectivity index (χ2v) is 9.08. The molecule has 1 aliphatic heterocycles. The number of hydrogen-bond acceptors (Lipinski definition) is 4. The average molecular weight is 391 g/mol. The Bertz CT molecular complexity index is 856. The van der Waals surface area contributed by atoms with Crippen LogP contribution < -0.4 is 5.32 Å². The third-order valence-electron chi connectivity index (χ3n) is 5.06. The van der Waals surface area contributed by atoms with Crippen molar-refractivity contribution in [2.75, 3.05) is 25.4 Å². The van der Waals surface area contributed by atoms with E-state index in [4.69, 9.17) is 0 Å². The third kappa shape index (κ3) is 5.17. The largest absolute Gasteiger partial charge is 0.350 e. The number of benzene rings is 1. The maximum atomic E-state index is 12.6. The number of carbonyl (C=O) groups excluding carboxylic acids is 1. The van der Waals surface area contributed by atoms with Crippen LogP contribution in [0.5, 0.6) is 0 Å². The fourth-order valence-corrected chi connectivity index (χ4v) is 4.83. The minimum absolute atomic E-state index is 0.138. The van der Waals surface area contributed by atoms with Crippen molar-refractivity contribution in [3.63, 3.8) is 0 Å². The van der Waals surface area contributed by atoms with Crippen LogP contribution in [0.4, 0.5) is 0 Å². The van der Waals surface area contributed by atoms with Crippen molar-refractivity contribution in [2.24, 2.45) is 13.0 Å². The van der Waals surface area contributed by atoms with Crippen LogP contribution in [-0.4, -0.2) is 53.6 Å². The molecule has 2 heterocycles. The zero-order valence-corrected chi connectivity index (χ0v) is 16.4. The predicted molar refractivity (Wildman–Crippen MR) is 104 cm³/mol. The first-order valence-electron chi connectivity index (χ1n) is 9.22. The minimum Gasteiger partial charge on any atom is -0.350 e. The van der Waals surface area contributed by atoms with Gasteiger partial charge < -0.3 is 9.88 Å². The van der Waals surface area contributed by atoms with Crippen LogP contribution in [0.25, 0.3) is 0 Å². The Balaban J connectivity index is 1.44. The van der Waals surface area contributed by atoms with E-state index in [1.165, 1.54) is 6.20 Å². The van der Waals surface area contributed by atoms with E-state index in [0.717, 1.165) is 18.4 Å². The van der Waals surface area contributed by atoms with E-state index in [-0.39, 0.29) is 11.7 Å². The van der Waals surface area contributed by atoms with Crippen LogP contribution in [0, 0.1) is 5.92 Å². The molecule has 1 fully saturated rings. The molecule has 146 valence electrons. The molecule has 0 spiro atoms. The molecule has 1 amide bonds. The van der Waals surface area contributed by atoms with Gasteiger partial charge in [-0.15, -0.1) is 0 Å². The van der Waals surface area contributed by atoms with Gasteiger partial charge in [0.15, 0.2) is 0 Å². The molecule has 0 atom stereocenters. The molecule has 1 aromatic carbocycles.